The van der Waals surface area contributed by atoms with E-state index in [4.69, 9.17) is 4.74 Å². The van der Waals surface area contributed by atoms with Crippen molar-refractivity contribution < 1.29 is 13.9 Å². The molecule has 0 bridgehead atoms. The van der Waals surface area contributed by atoms with Gasteiger partial charge in [0.1, 0.15) is 11.4 Å². The van der Waals surface area contributed by atoms with E-state index >= 15 is 0 Å². The predicted molar refractivity (Wildman–Crippen MR) is 70.6 cm³/mol. The van der Waals surface area contributed by atoms with Crippen molar-refractivity contribution in [2.45, 2.75) is 19.7 Å². The third-order valence-electron chi connectivity index (χ3n) is 2.23. The summed E-state index contributed by atoms with van der Waals surface area (Å²) >= 11 is 0. The van der Waals surface area contributed by atoms with Gasteiger partial charge >= 0.3 is 0 Å². The third kappa shape index (κ3) is 5.48. The summed E-state index contributed by atoms with van der Waals surface area (Å²) in [5.41, 5.74) is 0.836. The van der Waals surface area contributed by atoms with E-state index in [-0.39, 0.29) is 17.4 Å². The number of amides is 1. The Labute approximate surface area is 111 Å². The zero-order valence-corrected chi connectivity index (χ0v) is 11.1. The van der Waals surface area contributed by atoms with E-state index in [2.05, 4.69) is 22.2 Å². The van der Waals surface area contributed by atoms with E-state index in [0.717, 1.165) is 6.54 Å². The summed E-state index contributed by atoms with van der Waals surface area (Å²) in [5.74, 6) is -0.0680. The van der Waals surface area contributed by atoms with Gasteiger partial charge in [0.15, 0.2) is 0 Å². The molecule has 19 heavy (non-hydrogen) atoms. The number of carbonyl (C=O) groups excluding carboxylic acids is 1. The van der Waals surface area contributed by atoms with Crippen molar-refractivity contribution in [3.05, 3.63) is 36.3 Å². The number of alkyl halides is 1. The number of pyridine rings is 1. The summed E-state index contributed by atoms with van der Waals surface area (Å²) in [6, 6.07) is 2.97. The Morgan fingerprint density at radius 1 is 1.58 bits per heavy atom. The smallest absolute Gasteiger partial charge is 0.273 e. The molecule has 2 N–H and O–H groups in total. The molecule has 1 amide bonds. The third-order valence-corrected chi connectivity index (χ3v) is 2.23. The summed E-state index contributed by atoms with van der Waals surface area (Å²) < 4.78 is 17.4. The van der Waals surface area contributed by atoms with Gasteiger partial charge in [-0.1, -0.05) is 6.58 Å². The molecule has 0 radical (unpaired) electrons. The lowest BCUT2D eigenvalue weighted by Crippen LogP contribution is -2.25. The Hall–Kier alpha value is -1.95. The maximum absolute atomic E-state index is 12.6. The first-order valence-corrected chi connectivity index (χ1v) is 5.93. The Bertz CT molecular complexity index is 432. The summed E-state index contributed by atoms with van der Waals surface area (Å²) in [5, 5.41) is 5.60. The minimum absolute atomic E-state index is 0.226. The summed E-state index contributed by atoms with van der Waals surface area (Å²) in [4.78, 5) is 15.7. The molecule has 1 unspecified atom stereocenters. The fourth-order valence-electron chi connectivity index (χ4n) is 1.33. The molecule has 6 heteroatoms. The molecule has 0 aliphatic rings. The van der Waals surface area contributed by atoms with Gasteiger partial charge in [0.05, 0.1) is 6.20 Å². The maximum Gasteiger partial charge on any atom is 0.273 e. The van der Waals surface area contributed by atoms with E-state index in [0.29, 0.717) is 12.1 Å². The zero-order valence-electron chi connectivity index (χ0n) is 11.1. The van der Waals surface area contributed by atoms with Crippen molar-refractivity contribution in [1.82, 2.24) is 15.6 Å². The first-order chi connectivity index (χ1) is 9.02. The largest absolute Gasteiger partial charge is 0.459 e. The minimum atomic E-state index is -1.41. The van der Waals surface area contributed by atoms with Gasteiger partial charge in [-0.2, -0.15) is 0 Å². The average Bonchev–Trinajstić information content (AvgIpc) is 2.36. The Morgan fingerprint density at radius 2 is 2.32 bits per heavy atom. The minimum Gasteiger partial charge on any atom is -0.459 e. The zero-order chi connectivity index (χ0) is 14.3. The van der Waals surface area contributed by atoms with Crippen LogP contribution in [0.4, 0.5) is 4.39 Å². The highest BCUT2D eigenvalue weighted by Crippen LogP contribution is 2.11. The number of nitrogens with one attached hydrogen (secondary N) is 2. The standard InChI is InChI=1S/C13H18FN3O2/c1-9(6-7-15-3)17-13(18)12-5-4-11(8-16-12)19-10(2)14/h4-5,8,10,15H,1,6-7H2,2-3H3,(H,17,18). The predicted octanol–water partition coefficient (Wildman–Crippen LogP) is 1.63. The number of hydrogen-bond acceptors (Lipinski definition) is 4. The van der Waals surface area contributed by atoms with Crippen molar-refractivity contribution in [2.24, 2.45) is 0 Å². The van der Waals surface area contributed by atoms with Crippen LogP contribution >= 0.6 is 0 Å². The number of aromatic nitrogens is 1. The second-order valence-corrected chi connectivity index (χ2v) is 3.95. The van der Waals surface area contributed by atoms with Gasteiger partial charge < -0.3 is 15.4 Å². The van der Waals surface area contributed by atoms with Crippen LogP contribution in [0.2, 0.25) is 0 Å². The fraction of sp³-hybridized carbons (Fsp3) is 0.385. The lowest BCUT2D eigenvalue weighted by Gasteiger charge is -2.09. The van der Waals surface area contributed by atoms with Gasteiger partial charge in [-0.3, -0.25) is 4.79 Å². The monoisotopic (exact) mass is 267 g/mol. The van der Waals surface area contributed by atoms with Crippen molar-refractivity contribution in [1.29, 1.82) is 0 Å². The van der Waals surface area contributed by atoms with Crippen molar-refractivity contribution in [2.75, 3.05) is 13.6 Å². The van der Waals surface area contributed by atoms with Crippen LogP contribution < -0.4 is 15.4 Å². The second kappa shape index (κ2) is 7.48. The van der Waals surface area contributed by atoms with E-state index in [1.54, 1.807) is 0 Å². The van der Waals surface area contributed by atoms with Gasteiger partial charge in [0, 0.05) is 19.2 Å². The molecular weight excluding hydrogens is 249 g/mol. The number of ether oxygens (including phenoxy) is 1. The highest BCUT2D eigenvalue weighted by molar-refractivity contribution is 5.93. The van der Waals surface area contributed by atoms with Gasteiger partial charge in [-0.25, -0.2) is 9.37 Å². The molecule has 1 rings (SSSR count). The number of halogens is 1. The molecule has 1 aromatic heterocycles. The first-order valence-electron chi connectivity index (χ1n) is 5.93. The maximum atomic E-state index is 12.6. The van der Waals surface area contributed by atoms with Crippen LogP contribution in [0, 0.1) is 0 Å². The molecule has 0 saturated heterocycles. The van der Waals surface area contributed by atoms with Crippen molar-refractivity contribution in [3.8, 4) is 5.75 Å². The van der Waals surface area contributed by atoms with E-state index in [9.17, 15) is 9.18 Å². The van der Waals surface area contributed by atoms with Gasteiger partial charge in [0.2, 0.25) is 6.36 Å². The Morgan fingerprint density at radius 3 is 2.84 bits per heavy atom. The average molecular weight is 267 g/mol. The lowest BCUT2D eigenvalue weighted by atomic mass is 10.3. The Kier molecular flexibility index (Phi) is 5.95. The van der Waals surface area contributed by atoms with Crippen molar-refractivity contribution >= 4 is 5.91 Å². The van der Waals surface area contributed by atoms with Crippen molar-refractivity contribution in [3.63, 3.8) is 0 Å². The topological polar surface area (TPSA) is 63.2 Å². The summed E-state index contributed by atoms with van der Waals surface area (Å²) in [7, 11) is 1.82. The first kappa shape index (κ1) is 15.1. The SMILES string of the molecule is C=C(CCNC)NC(=O)c1ccc(OC(C)F)cn1. The molecule has 1 aromatic rings. The van der Waals surface area contributed by atoms with Gasteiger partial charge in [-0.05, 0) is 25.6 Å². The number of nitrogens with zero attached hydrogens (tertiary/aromatic N) is 1. The van der Waals surface area contributed by atoms with E-state index in [1.807, 2.05) is 7.05 Å². The molecule has 0 saturated carbocycles. The summed E-state index contributed by atoms with van der Waals surface area (Å²) in [6.45, 7) is 5.74. The Balaban J connectivity index is 2.55. The van der Waals surface area contributed by atoms with Crippen LogP contribution in [-0.2, 0) is 0 Å². The van der Waals surface area contributed by atoms with E-state index in [1.165, 1.54) is 25.3 Å². The molecule has 0 aromatic carbocycles. The normalized spacial score (nSPS) is 11.7. The quantitative estimate of drug-likeness (QED) is 0.788. The molecule has 104 valence electrons. The van der Waals surface area contributed by atoms with Crippen LogP contribution in [0.5, 0.6) is 5.75 Å². The van der Waals surface area contributed by atoms with Crippen LogP contribution in [0.25, 0.3) is 0 Å². The lowest BCUT2D eigenvalue weighted by molar-refractivity contribution is 0.0855. The summed E-state index contributed by atoms with van der Waals surface area (Å²) in [6.07, 6.45) is 0.534. The highest BCUT2D eigenvalue weighted by atomic mass is 19.1. The molecule has 1 heterocycles. The van der Waals surface area contributed by atoms with Gasteiger partial charge in [-0.15, -0.1) is 0 Å². The van der Waals surface area contributed by atoms with Crippen LogP contribution in [0.15, 0.2) is 30.6 Å². The van der Waals surface area contributed by atoms with Crippen LogP contribution in [-0.4, -0.2) is 30.8 Å². The molecule has 0 aliphatic carbocycles. The highest BCUT2D eigenvalue weighted by Gasteiger charge is 2.09. The van der Waals surface area contributed by atoms with Crippen LogP contribution in [0.3, 0.4) is 0 Å². The number of rotatable bonds is 7. The molecular formula is C13H18FN3O2. The molecule has 0 aliphatic heterocycles. The molecule has 5 nitrogen and oxygen atoms in total. The number of carbonyl (C=O) groups is 1. The molecule has 1 atom stereocenters. The molecule has 0 fully saturated rings. The van der Waals surface area contributed by atoms with E-state index < -0.39 is 6.36 Å². The number of hydrogen-bond donors (Lipinski definition) is 2. The second-order valence-electron chi connectivity index (χ2n) is 3.95. The fourth-order valence-corrected chi connectivity index (χ4v) is 1.33. The molecule has 0 spiro atoms. The van der Waals surface area contributed by atoms with Crippen LogP contribution in [0.1, 0.15) is 23.8 Å². The van der Waals surface area contributed by atoms with Gasteiger partial charge in [0.25, 0.3) is 5.91 Å².